The summed E-state index contributed by atoms with van der Waals surface area (Å²) >= 11 is 0. The molecule has 1 aliphatic heterocycles. The van der Waals surface area contributed by atoms with Crippen molar-refractivity contribution in [3.8, 4) is 11.4 Å². The summed E-state index contributed by atoms with van der Waals surface area (Å²) in [5, 5.41) is 3.41. The second-order valence-electron chi connectivity index (χ2n) is 7.51. The van der Waals surface area contributed by atoms with E-state index < -0.39 is 9.84 Å². The van der Waals surface area contributed by atoms with Crippen LogP contribution in [0, 0.1) is 0 Å². The number of amides is 1. The molecule has 1 atom stereocenters. The van der Waals surface area contributed by atoms with Crippen LogP contribution in [0.5, 0.6) is 0 Å². The second kappa shape index (κ2) is 7.67. The van der Waals surface area contributed by atoms with Gasteiger partial charge in [0.2, 0.25) is 5.91 Å². The number of nitrogens with zero attached hydrogens (tertiary/aromatic N) is 5. The molecule has 1 aromatic carbocycles. The first-order valence-corrected chi connectivity index (χ1v) is 11.7. The van der Waals surface area contributed by atoms with Gasteiger partial charge < -0.3 is 14.8 Å². The summed E-state index contributed by atoms with van der Waals surface area (Å²) in [7, 11) is -1.39. The number of anilines is 1. The van der Waals surface area contributed by atoms with E-state index in [-0.39, 0.29) is 16.8 Å². The highest BCUT2D eigenvalue weighted by Crippen LogP contribution is 2.27. The van der Waals surface area contributed by atoms with Crippen molar-refractivity contribution in [1.29, 1.82) is 0 Å². The molecule has 1 aliphatic rings. The lowest BCUT2D eigenvalue weighted by atomic mass is 10.2. The van der Waals surface area contributed by atoms with E-state index in [0.29, 0.717) is 35.8 Å². The Morgan fingerprint density at radius 1 is 1.23 bits per heavy atom. The molecule has 0 radical (unpaired) electrons. The van der Waals surface area contributed by atoms with Gasteiger partial charge in [-0.25, -0.2) is 23.4 Å². The van der Waals surface area contributed by atoms with E-state index in [1.807, 2.05) is 23.4 Å². The number of hydrogen-bond acceptors (Lipinski definition) is 7. The molecule has 4 rings (SSSR count). The average molecular weight is 429 g/mol. The summed E-state index contributed by atoms with van der Waals surface area (Å²) in [6.07, 6.45) is 4.03. The van der Waals surface area contributed by atoms with Gasteiger partial charge in [0, 0.05) is 44.4 Å². The van der Waals surface area contributed by atoms with Crippen molar-refractivity contribution in [3.05, 3.63) is 30.6 Å². The number of carbonyl (C=O) groups excluding carboxylic acids is 1. The van der Waals surface area contributed by atoms with Crippen LogP contribution < -0.4 is 5.32 Å². The molecule has 0 bridgehead atoms. The van der Waals surface area contributed by atoms with Crippen molar-refractivity contribution in [3.63, 3.8) is 0 Å². The molecular weight excluding hydrogens is 404 g/mol. The van der Waals surface area contributed by atoms with Crippen molar-refractivity contribution in [2.75, 3.05) is 24.7 Å². The normalized spacial score (nSPS) is 16.9. The van der Waals surface area contributed by atoms with Crippen LogP contribution in [0.2, 0.25) is 0 Å². The van der Waals surface area contributed by atoms with E-state index in [1.54, 1.807) is 24.3 Å². The standard InChI is InChI=1S/C20H24N6O3S/c1-4-16(27)26-10-9-14(11-26)23-18-17-20(22-12-21-18)25(2)19(24-17)13-5-7-15(8-6-13)30(3,28)29/h5-8,12,14H,4,9-11H2,1-3H3,(H,21,22,23)/t14-/m0/s1. The van der Waals surface area contributed by atoms with Gasteiger partial charge in [-0.05, 0) is 30.7 Å². The van der Waals surface area contributed by atoms with E-state index in [0.717, 1.165) is 18.5 Å². The number of aryl methyl sites for hydroxylation is 1. The first-order valence-electron chi connectivity index (χ1n) is 9.80. The van der Waals surface area contributed by atoms with E-state index in [2.05, 4.69) is 15.3 Å². The minimum atomic E-state index is -3.26. The van der Waals surface area contributed by atoms with Gasteiger partial charge in [-0.1, -0.05) is 6.92 Å². The summed E-state index contributed by atoms with van der Waals surface area (Å²) < 4.78 is 25.3. The van der Waals surface area contributed by atoms with Gasteiger partial charge in [-0.2, -0.15) is 0 Å². The summed E-state index contributed by atoms with van der Waals surface area (Å²) in [6, 6.07) is 6.74. The number of likely N-dealkylation sites (tertiary alicyclic amines) is 1. The van der Waals surface area contributed by atoms with Gasteiger partial charge in [0.15, 0.2) is 26.8 Å². The molecule has 3 aromatic rings. The molecular formula is C20H24N6O3S. The van der Waals surface area contributed by atoms with Gasteiger partial charge in [0.1, 0.15) is 12.2 Å². The van der Waals surface area contributed by atoms with Crippen molar-refractivity contribution in [2.24, 2.45) is 7.05 Å². The third-order valence-electron chi connectivity index (χ3n) is 5.38. The third kappa shape index (κ3) is 3.74. The zero-order valence-electron chi connectivity index (χ0n) is 17.2. The fourth-order valence-corrected chi connectivity index (χ4v) is 4.37. The summed E-state index contributed by atoms with van der Waals surface area (Å²) in [6.45, 7) is 3.25. The van der Waals surface area contributed by atoms with E-state index >= 15 is 0 Å². The Morgan fingerprint density at radius 2 is 1.97 bits per heavy atom. The van der Waals surface area contributed by atoms with Crippen LogP contribution in [-0.2, 0) is 21.7 Å². The maximum atomic E-state index is 11.9. The minimum Gasteiger partial charge on any atom is -0.364 e. The molecule has 0 unspecified atom stereocenters. The highest BCUT2D eigenvalue weighted by Gasteiger charge is 2.26. The lowest BCUT2D eigenvalue weighted by Crippen LogP contribution is -2.31. The molecule has 9 nitrogen and oxygen atoms in total. The van der Waals surface area contributed by atoms with Gasteiger partial charge in [-0.15, -0.1) is 0 Å². The molecule has 30 heavy (non-hydrogen) atoms. The van der Waals surface area contributed by atoms with Crippen molar-refractivity contribution < 1.29 is 13.2 Å². The highest BCUT2D eigenvalue weighted by molar-refractivity contribution is 7.90. The molecule has 158 valence electrons. The highest BCUT2D eigenvalue weighted by atomic mass is 32.2. The van der Waals surface area contributed by atoms with Gasteiger partial charge in [0.25, 0.3) is 0 Å². The number of benzene rings is 1. The summed E-state index contributed by atoms with van der Waals surface area (Å²) in [4.78, 5) is 27.5. The number of carbonyl (C=O) groups is 1. The van der Waals surface area contributed by atoms with Crippen LogP contribution in [0.15, 0.2) is 35.5 Å². The maximum absolute atomic E-state index is 11.9. The first-order chi connectivity index (χ1) is 14.3. The quantitative estimate of drug-likeness (QED) is 0.660. The number of aromatic nitrogens is 4. The zero-order valence-corrected chi connectivity index (χ0v) is 18.0. The summed E-state index contributed by atoms with van der Waals surface area (Å²) in [5.41, 5.74) is 2.10. The van der Waals surface area contributed by atoms with E-state index in [4.69, 9.17) is 4.98 Å². The maximum Gasteiger partial charge on any atom is 0.222 e. The molecule has 1 saturated heterocycles. The Hall–Kier alpha value is -3.01. The number of rotatable bonds is 5. The van der Waals surface area contributed by atoms with Crippen LogP contribution in [0.3, 0.4) is 0 Å². The molecule has 0 aliphatic carbocycles. The Bertz CT molecular complexity index is 1200. The monoisotopic (exact) mass is 428 g/mol. The minimum absolute atomic E-state index is 0.109. The Morgan fingerprint density at radius 3 is 2.63 bits per heavy atom. The number of sulfone groups is 1. The molecule has 10 heteroatoms. The van der Waals surface area contributed by atoms with Crippen LogP contribution in [0.1, 0.15) is 19.8 Å². The zero-order chi connectivity index (χ0) is 21.5. The van der Waals surface area contributed by atoms with Crippen molar-refractivity contribution in [2.45, 2.75) is 30.7 Å². The van der Waals surface area contributed by atoms with Crippen LogP contribution in [0.25, 0.3) is 22.6 Å². The van der Waals surface area contributed by atoms with Crippen molar-refractivity contribution >= 4 is 32.7 Å². The predicted octanol–water partition coefficient (Wildman–Crippen LogP) is 1.86. The number of hydrogen-bond donors (Lipinski definition) is 1. The summed E-state index contributed by atoms with van der Waals surface area (Å²) in [5.74, 6) is 1.46. The Labute approximate surface area is 175 Å². The number of fused-ring (bicyclic) bond motifs is 1. The first kappa shape index (κ1) is 20.3. The van der Waals surface area contributed by atoms with E-state index in [1.165, 1.54) is 12.6 Å². The van der Waals surface area contributed by atoms with Crippen LogP contribution >= 0.6 is 0 Å². The van der Waals surface area contributed by atoms with Crippen LogP contribution in [0.4, 0.5) is 5.82 Å². The lowest BCUT2D eigenvalue weighted by Gasteiger charge is -2.16. The molecule has 1 fully saturated rings. The van der Waals surface area contributed by atoms with Gasteiger partial charge in [0.05, 0.1) is 4.90 Å². The molecule has 3 heterocycles. The molecule has 1 amide bonds. The third-order valence-corrected chi connectivity index (χ3v) is 6.51. The lowest BCUT2D eigenvalue weighted by molar-refractivity contribution is -0.129. The topological polar surface area (TPSA) is 110 Å². The fraction of sp³-hybridized carbons (Fsp3) is 0.400. The van der Waals surface area contributed by atoms with E-state index in [9.17, 15) is 13.2 Å². The average Bonchev–Trinajstić information content (AvgIpc) is 3.32. The predicted molar refractivity (Wildman–Crippen MR) is 114 cm³/mol. The van der Waals surface area contributed by atoms with Crippen LogP contribution in [-0.4, -0.2) is 64.1 Å². The number of imidazole rings is 1. The molecule has 2 aromatic heterocycles. The largest absolute Gasteiger partial charge is 0.364 e. The van der Waals surface area contributed by atoms with Gasteiger partial charge in [-0.3, -0.25) is 4.79 Å². The molecule has 0 spiro atoms. The molecule has 1 N–H and O–H groups in total. The van der Waals surface area contributed by atoms with Crippen molar-refractivity contribution in [1.82, 2.24) is 24.4 Å². The smallest absolute Gasteiger partial charge is 0.222 e. The number of nitrogens with one attached hydrogen (secondary N) is 1. The molecule has 0 saturated carbocycles. The van der Waals surface area contributed by atoms with Gasteiger partial charge >= 0.3 is 0 Å². The SMILES string of the molecule is CCC(=O)N1CC[C@H](Nc2ncnc3c2nc(-c2ccc(S(C)(=O)=O)cc2)n3C)C1. The fourth-order valence-electron chi connectivity index (χ4n) is 3.74. The Balaban J connectivity index is 1.64. The second-order valence-corrected chi connectivity index (χ2v) is 9.52. The Kier molecular flexibility index (Phi) is 5.19.